The Morgan fingerprint density at radius 2 is 1.86 bits per heavy atom. The van der Waals surface area contributed by atoms with Crippen molar-refractivity contribution < 1.29 is 9.47 Å². The number of halogens is 1. The monoisotopic (exact) mass is 215 g/mol. The smallest absolute Gasteiger partial charge is 0.150 e. The maximum atomic E-state index is 4.88. The van der Waals surface area contributed by atoms with Crippen molar-refractivity contribution in [1.82, 2.24) is 3.11 Å². The quantitative estimate of drug-likeness (QED) is 0.435. The van der Waals surface area contributed by atoms with Crippen molar-refractivity contribution in [1.29, 1.82) is 0 Å². The Morgan fingerprint density at radius 3 is 2.14 bits per heavy atom. The highest BCUT2D eigenvalue weighted by atomic mass is 127. The molecule has 4 heteroatoms. The maximum Gasteiger partial charge on any atom is 0.150 e. The number of hydrogen-bond acceptors (Lipinski definition) is 3. The van der Waals surface area contributed by atoms with Crippen molar-refractivity contribution >= 4 is 22.9 Å². The van der Waals surface area contributed by atoms with E-state index in [-0.39, 0.29) is 0 Å². The molecule has 1 heterocycles. The molecule has 0 N–H and O–H groups in total. The summed E-state index contributed by atoms with van der Waals surface area (Å²) in [5.74, 6) is 0. The van der Waals surface area contributed by atoms with E-state index in [4.69, 9.17) is 9.47 Å². The minimum Gasteiger partial charge on any atom is -0.339 e. The molecule has 3 nitrogen and oxygen atoms in total. The zero-order valence-corrected chi connectivity index (χ0v) is 5.92. The summed E-state index contributed by atoms with van der Waals surface area (Å²) >= 11 is 2.14. The summed E-state index contributed by atoms with van der Waals surface area (Å²) < 4.78 is 11.7. The molecule has 7 heavy (non-hydrogen) atoms. The molecule has 1 saturated heterocycles. The summed E-state index contributed by atoms with van der Waals surface area (Å²) in [6, 6.07) is 0. The van der Waals surface area contributed by atoms with E-state index in [1.807, 2.05) is 3.11 Å². The van der Waals surface area contributed by atoms with Gasteiger partial charge in [0.25, 0.3) is 0 Å². The zero-order valence-electron chi connectivity index (χ0n) is 3.76. The fourth-order valence-corrected chi connectivity index (χ4v) is 0.763. The molecule has 0 aromatic heterocycles. The van der Waals surface area contributed by atoms with Gasteiger partial charge >= 0.3 is 0 Å². The molecule has 0 saturated carbocycles. The van der Waals surface area contributed by atoms with E-state index in [0.717, 1.165) is 0 Å². The van der Waals surface area contributed by atoms with Crippen LogP contribution in [-0.2, 0) is 9.47 Å². The molecule has 1 rings (SSSR count). The number of nitrogens with zero attached hydrogens (tertiary/aromatic N) is 1. The van der Waals surface area contributed by atoms with Crippen LogP contribution in [0.2, 0.25) is 0 Å². The van der Waals surface area contributed by atoms with Gasteiger partial charge in [-0.25, -0.2) is 0 Å². The second kappa shape index (κ2) is 2.81. The summed E-state index contributed by atoms with van der Waals surface area (Å²) in [5.41, 5.74) is 0. The standard InChI is InChI=1S/C3H6INO2/c4-5-1-6-3-7-2-5/h1-3H2. The Labute approximate surface area is 56.1 Å². The van der Waals surface area contributed by atoms with E-state index in [2.05, 4.69) is 22.9 Å². The van der Waals surface area contributed by atoms with E-state index in [1.54, 1.807) is 0 Å². The summed E-state index contributed by atoms with van der Waals surface area (Å²) in [7, 11) is 0. The van der Waals surface area contributed by atoms with Gasteiger partial charge in [-0.1, -0.05) is 0 Å². The lowest BCUT2D eigenvalue weighted by molar-refractivity contribution is -0.144. The van der Waals surface area contributed by atoms with Gasteiger partial charge in [-0.15, -0.1) is 0 Å². The molecule has 42 valence electrons. The minimum absolute atomic E-state index is 0.444. The third-order valence-corrected chi connectivity index (χ3v) is 1.19. The average molecular weight is 215 g/mol. The molecule has 0 aromatic carbocycles. The zero-order chi connectivity index (χ0) is 5.11. The number of hydrogen-bond donors (Lipinski definition) is 0. The van der Waals surface area contributed by atoms with Crippen LogP contribution in [0.5, 0.6) is 0 Å². The molecule has 1 aliphatic heterocycles. The van der Waals surface area contributed by atoms with Crippen molar-refractivity contribution in [2.75, 3.05) is 20.3 Å². The second-order valence-electron chi connectivity index (χ2n) is 1.25. The van der Waals surface area contributed by atoms with Crippen LogP contribution in [0.25, 0.3) is 0 Å². The first-order chi connectivity index (χ1) is 3.39. The van der Waals surface area contributed by atoms with Gasteiger partial charge in [0.15, 0.2) is 0 Å². The third-order valence-electron chi connectivity index (χ3n) is 0.629. The first-order valence-electron chi connectivity index (χ1n) is 1.96. The lowest BCUT2D eigenvalue weighted by Crippen LogP contribution is -2.26. The fourth-order valence-electron chi connectivity index (χ4n) is 0.369. The topological polar surface area (TPSA) is 21.7 Å². The highest BCUT2D eigenvalue weighted by Crippen LogP contribution is 2.02. The lowest BCUT2D eigenvalue weighted by Gasteiger charge is -2.19. The first-order valence-corrected chi connectivity index (χ1v) is 2.92. The summed E-state index contributed by atoms with van der Waals surface area (Å²) in [6.07, 6.45) is 0. The Morgan fingerprint density at radius 1 is 1.29 bits per heavy atom. The largest absolute Gasteiger partial charge is 0.339 e. The normalized spacial score (nSPS) is 25.3. The molecule has 0 spiro atoms. The fraction of sp³-hybridized carbons (Fsp3) is 1.00. The molecule has 0 aromatic rings. The minimum atomic E-state index is 0.444. The Bertz CT molecular complexity index is 54.9. The van der Waals surface area contributed by atoms with E-state index < -0.39 is 0 Å². The van der Waals surface area contributed by atoms with Crippen LogP contribution in [0.3, 0.4) is 0 Å². The van der Waals surface area contributed by atoms with E-state index in [1.165, 1.54) is 0 Å². The molecule has 0 atom stereocenters. The summed E-state index contributed by atoms with van der Waals surface area (Å²) in [6.45, 7) is 1.81. The van der Waals surface area contributed by atoms with Gasteiger partial charge in [0.2, 0.25) is 0 Å². The Kier molecular flexibility index (Phi) is 2.30. The van der Waals surface area contributed by atoms with Crippen LogP contribution in [-0.4, -0.2) is 23.4 Å². The van der Waals surface area contributed by atoms with E-state index in [0.29, 0.717) is 20.3 Å². The molecular weight excluding hydrogens is 209 g/mol. The van der Waals surface area contributed by atoms with Crippen molar-refractivity contribution in [3.05, 3.63) is 0 Å². The van der Waals surface area contributed by atoms with E-state index in [9.17, 15) is 0 Å². The molecular formula is C3H6INO2. The SMILES string of the molecule is IN1COCOC1. The van der Waals surface area contributed by atoms with Gasteiger partial charge < -0.3 is 9.47 Å². The highest BCUT2D eigenvalue weighted by molar-refractivity contribution is 14.1. The van der Waals surface area contributed by atoms with Gasteiger partial charge in [-0.2, -0.15) is 3.11 Å². The predicted molar refractivity (Wildman–Crippen MR) is 32.6 cm³/mol. The molecule has 1 fully saturated rings. The van der Waals surface area contributed by atoms with Crippen molar-refractivity contribution in [2.45, 2.75) is 0 Å². The van der Waals surface area contributed by atoms with Crippen LogP contribution in [0.1, 0.15) is 0 Å². The van der Waals surface area contributed by atoms with Crippen molar-refractivity contribution in [3.63, 3.8) is 0 Å². The van der Waals surface area contributed by atoms with Crippen LogP contribution < -0.4 is 0 Å². The Balaban J connectivity index is 2.12. The predicted octanol–water partition coefficient (Wildman–Crippen LogP) is 0.558. The van der Waals surface area contributed by atoms with Crippen LogP contribution in [0.15, 0.2) is 0 Å². The molecule has 0 aliphatic carbocycles. The molecule has 0 amide bonds. The summed E-state index contributed by atoms with van der Waals surface area (Å²) in [4.78, 5) is 0. The lowest BCUT2D eigenvalue weighted by atomic mass is 11.0. The summed E-state index contributed by atoms with van der Waals surface area (Å²) in [5, 5.41) is 0. The number of rotatable bonds is 0. The van der Waals surface area contributed by atoms with Crippen LogP contribution in [0.4, 0.5) is 0 Å². The van der Waals surface area contributed by atoms with Crippen molar-refractivity contribution in [3.8, 4) is 0 Å². The molecule has 0 radical (unpaired) electrons. The van der Waals surface area contributed by atoms with Crippen molar-refractivity contribution in [2.24, 2.45) is 0 Å². The second-order valence-corrected chi connectivity index (χ2v) is 2.61. The molecule has 0 unspecified atom stereocenters. The third kappa shape index (κ3) is 1.89. The van der Waals surface area contributed by atoms with Crippen LogP contribution >= 0.6 is 22.9 Å². The maximum absolute atomic E-state index is 4.88. The van der Waals surface area contributed by atoms with E-state index >= 15 is 0 Å². The van der Waals surface area contributed by atoms with Gasteiger partial charge in [0.05, 0.1) is 0 Å². The van der Waals surface area contributed by atoms with Gasteiger partial charge in [-0.3, -0.25) is 0 Å². The Hall–Kier alpha value is 0.610. The average Bonchev–Trinajstić information content (AvgIpc) is 1.69. The van der Waals surface area contributed by atoms with Gasteiger partial charge in [0, 0.05) is 22.9 Å². The highest BCUT2D eigenvalue weighted by Gasteiger charge is 2.04. The van der Waals surface area contributed by atoms with Crippen LogP contribution in [0, 0.1) is 0 Å². The first kappa shape index (κ1) is 5.74. The molecule has 0 bridgehead atoms. The van der Waals surface area contributed by atoms with Gasteiger partial charge in [-0.05, 0) is 0 Å². The number of ether oxygens (including phenoxy) is 2. The molecule has 1 aliphatic rings. The van der Waals surface area contributed by atoms with Gasteiger partial charge in [0.1, 0.15) is 20.3 Å².